The molecular formula is C23H30N2O3. The second kappa shape index (κ2) is 10.7. The Balaban J connectivity index is 1.49. The van der Waals surface area contributed by atoms with Crippen LogP contribution in [0, 0.1) is 0 Å². The van der Waals surface area contributed by atoms with Crippen LogP contribution in [0.1, 0.15) is 37.3 Å². The zero-order valence-electron chi connectivity index (χ0n) is 16.6. The Bertz CT molecular complexity index is 730. The van der Waals surface area contributed by atoms with Crippen molar-refractivity contribution in [3.8, 4) is 11.5 Å². The summed E-state index contributed by atoms with van der Waals surface area (Å²) in [6.07, 6.45) is 3.57. The number of benzene rings is 2. The maximum absolute atomic E-state index is 12.3. The predicted octanol–water partition coefficient (Wildman–Crippen LogP) is 3.81. The summed E-state index contributed by atoms with van der Waals surface area (Å²) in [5.74, 6) is 1.79. The number of nitrogens with zero attached hydrogens (tertiary/aromatic N) is 1. The minimum Gasteiger partial charge on any atom is -0.496 e. The Morgan fingerprint density at radius 3 is 2.54 bits per heavy atom. The summed E-state index contributed by atoms with van der Waals surface area (Å²) in [6.45, 7) is 3.26. The molecule has 1 heterocycles. The van der Waals surface area contributed by atoms with E-state index in [-0.39, 0.29) is 11.9 Å². The lowest BCUT2D eigenvalue weighted by molar-refractivity contribution is -0.121. The third kappa shape index (κ3) is 5.73. The van der Waals surface area contributed by atoms with E-state index in [1.807, 2.05) is 48.5 Å². The van der Waals surface area contributed by atoms with Crippen molar-refractivity contribution >= 4 is 5.91 Å². The van der Waals surface area contributed by atoms with Crippen LogP contribution in [0.5, 0.6) is 11.5 Å². The molecule has 1 aliphatic heterocycles. The highest BCUT2D eigenvalue weighted by atomic mass is 16.5. The Kier molecular flexibility index (Phi) is 7.73. The second-order valence-corrected chi connectivity index (χ2v) is 7.07. The lowest BCUT2D eigenvalue weighted by atomic mass is 10.0. The largest absolute Gasteiger partial charge is 0.496 e. The van der Waals surface area contributed by atoms with E-state index in [9.17, 15) is 4.79 Å². The molecule has 5 heteroatoms. The van der Waals surface area contributed by atoms with Gasteiger partial charge in [-0.05, 0) is 50.6 Å². The van der Waals surface area contributed by atoms with Gasteiger partial charge in [0.05, 0.1) is 19.8 Å². The molecule has 1 unspecified atom stereocenters. The molecule has 1 N–H and O–H groups in total. The molecule has 0 saturated carbocycles. The molecule has 1 fully saturated rings. The minimum absolute atomic E-state index is 0.0655. The molecule has 28 heavy (non-hydrogen) atoms. The van der Waals surface area contributed by atoms with Crippen molar-refractivity contribution in [2.45, 2.75) is 31.7 Å². The van der Waals surface area contributed by atoms with E-state index in [1.54, 1.807) is 7.11 Å². The number of likely N-dealkylation sites (tertiary alicyclic amines) is 1. The fourth-order valence-electron chi connectivity index (χ4n) is 3.67. The lowest BCUT2D eigenvalue weighted by Gasteiger charge is -2.29. The average molecular weight is 383 g/mol. The van der Waals surface area contributed by atoms with Crippen LogP contribution in [0.4, 0.5) is 0 Å². The van der Waals surface area contributed by atoms with Crippen LogP contribution < -0.4 is 14.8 Å². The summed E-state index contributed by atoms with van der Waals surface area (Å²) < 4.78 is 11.2. The van der Waals surface area contributed by atoms with E-state index in [0.717, 1.165) is 30.2 Å². The normalized spacial score (nSPS) is 15.2. The van der Waals surface area contributed by atoms with E-state index < -0.39 is 0 Å². The number of carbonyl (C=O) groups excluding carboxylic acids is 1. The van der Waals surface area contributed by atoms with Gasteiger partial charge in [-0.2, -0.15) is 0 Å². The monoisotopic (exact) mass is 382 g/mol. The Labute approximate surface area is 167 Å². The number of hydrogen-bond acceptors (Lipinski definition) is 4. The van der Waals surface area contributed by atoms with Crippen LogP contribution in [0.15, 0.2) is 54.6 Å². The summed E-state index contributed by atoms with van der Waals surface area (Å²) in [6, 6.07) is 17.9. The van der Waals surface area contributed by atoms with Crippen molar-refractivity contribution < 1.29 is 14.3 Å². The molecule has 2 aromatic rings. The number of nitrogens with one attached hydrogen (secondary N) is 1. The van der Waals surface area contributed by atoms with Gasteiger partial charge in [0.15, 0.2) is 0 Å². The molecule has 0 aromatic heterocycles. The third-order valence-corrected chi connectivity index (χ3v) is 5.13. The Morgan fingerprint density at radius 2 is 1.79 bits per heavy atom. The smallest absolute Gasteiger partial charge is 0.220 e. The second-order valence-electron chi connectivity index (χ2n) is 7.07. The van der Waals surface area contributed by atoms with Gasteiger partial charge in [0, 0.05) is 18.5 Å². The van der Waals surface area contributed by atoms with Crippen molar-refractivity contribution in [1.29, 1.82) is 0 Å². The molecule has 150 valence electrons. The Morgan fingerprint density at radius 1 is 1.07 bits per heavy atom. The number of methoxy groups -OCH3 is 1. The molecule has 0 bridgehead atoms. The number of rotatable bonds is 10. The predicted molar refractivity (Wildman–Crippen MR) is 111 cm³/mol. The maximum atomic E-state index is 12.3. The highest BCUT2D eigenvalue weighted by molar-refractivity contribution is 5.75. The van der Waals surface area contributed by atoms with Gasteiger partial charge in [-0.3, -0.25) is 9.69 Å². The van der Waals surface area contributed by atoms with Gasteiger partial charge in [-0.1, -0.05) is 36.4 Å². The van der Waals surface area contributed by atoms with Gasteiger partial charge >= 0.3 is 0 Å². The van der Waals surface area contributed by atoms with Gasteiger partial charge < -0.3 is 14.8 Å². The van der Waals surface area contributed by atoms with Crippen molar-refractivity contribution in [1.82, 2.24) is 10.2 Å². The molecule has 3 rings (SSSR count). The van der Waals surface area contributed by atoms with Crippen molar-refractivity contribution in [3.05, 3.63) is 60.2 Å². The van der Waals surface area contributed by atoms with E-state index in [2.05, 4.69) is 16.3 Å². The third-order valence-electron chi connectivity index (χ3n) is 5.13. The topological polar surface area (TPSA) is 50.8 Å². The zero-order chi connectivity index (χ0) is 19.6. The number of carbonyl (C=O) groups is 1. The molecule has 1 saturated heterocycles. The van der Waals surface area contributed by atoms with E-state index in [4.69, 9.17) is 9.47 Å². The highest BCUT2D eigenvalue weighted by Crippen LogP contribution is 2.31. The quantitative estimate of drug-likeness (QED) is 0.635. The SMILES string of the molecule is COc1ccccc1C(CNC(=O)CCCOc1ccccc1)N1CCCC1. The van der Waals surface area contributed by atoms with E-state index in [1.165, 1.54) is 12.8 Å². The molecule has 0 radical (unpaired) electrons. The zero-order valence-corrected chi connectivity index (χ0v) is 16.6. The Hall–Kier alpha value is -2.53. The number of amides is 1. The van der Waals surface area contributed by atoms with Crippen LogP contribution in [0.25, 0.3) is 0 Å². The van der Waals surface area contributed by atoms with Crippen LogP contribution >= 0.6 is 0 Å². The van der Waals surface area contributed by atoms with Gasteiger partial charge in [-0.15, -0.1) is 0 Å². The number of para-hydroxylation sites is 2. The van der Waals surface area contributed by atoms with Gasteiger partial charge in [0.25, 0.3) is 0 Å². The van der Waals surface area contributed by atoms with Crippen molar-refractivity contribution in [2.24, 2.45) is 0 Å². The highest BCUT2D eigenvalue weighted by Gasteiger charge is 2.26. The van der Waals surface area contributed by atoms with Gasteiger partial charge in [-0.25, -0.2) is 0 Å². The van der Waals surface area contributed by atoms with E-state index >= 15 is 0 Å². The fraction of sp³-hybridized carbons (Fsp3) is 0.435. The molecular weight excluding hydrogens is 352 g/mol. The van der Waals surface area contributed by atoms with Crippen LogP contribution in [0.3, 0.4) is 0 Å². The van der Waals surface area contributed by atoms with Crippen LogP contribution in [-0.4, -0.2) is 44.2 Å². The lowest BCUT2D eigenvalue weighted by Crippen LogP contribution is -2.37. The number of ether oxygens (including phenoxy) is 2. The van der Waals surface area contributed by atoms with Gasteiger partial charge in [0.1, 0.15) is 11.5 Å². The molecule has 0 aliphatic carbocycles. The number of hydrogen-bond donors (Lipinski definition) is 1. The first kappa shape index (κ1) is 20.2. The summed E-state index contributed by atoms with van der Waals surface area (Å²) >= 11 is 0. The molecule has 2 aromatic carbocycles. The molecule has 5 nitrogen and oxygen atoms in total. The summed E-state index contributed by atoms with van der Waals surface area (Å²) in [7, 11) is 1.70. The fourth-order valence-corrected chi connectivity index (χ4v) is 3.67. The molecule has 1 atom stereocenters. The first-order chi connectivity index (χ1) is 13.8. The average Bonchev–Trinajstić information content (AvgIpc) is 3.27. The molecule has 1 amide bonds. The standard InChI is InChI=1S/C23H30N2O3/c1-27-22-13-6-5-12-20(22)21(25-15-7-8-16-25)18-24-23(26)14-9-17-28-19-10-3-2-4-11-19/h2-6,10-13,21H,7-9,14-18H2,1H3,(H,24,26). The summed E-state index contributed by atoms with van der Waals surface area (Å²) in [4.78, 5) is 14.8. The van der Waals surface area contributed by atoms with Gasteiger partial charge in [0.2, 0.25) is 5.91 Å². The first-order valence-electron chi connectivity index (χ1n) is 10.1. The summed E-state index contributed by atoms with van der Waals surface area (Å²) in [5.41, 5.74) is 1.14. The molecule has 0 spiro atoms. The van der Waals surface area contributed by atoms with Crippen molar-refractivity contribution in [2.75, 3.05) is 33.4 Å². The van der Waals surface area contributed by atoms with E-state index in [0.29, 0.717) is 26.0 Å². The summed E-state index contributed by atoms with van der Waals surface area (Å²) in [5, 5.41) is 3.12. The van der Waals surface area contributed by atoms with Crippen LogP contribution in [0.2, 0.25) is 0 Å². The minimum atomic E-state index is 0.0655. The first-order valence-corrected chi connectivity index (χ1v) is 10.1. The molecule has 1 aliphatic rings. The van der Waals surface area contributed by atoms with Crippen molar-refractivity contribution in [3.63, 3.8) is 0 Å². The van der Waals surface area contributed by atoms with Crippen LogP contribution in [-0.2, 0) is 4.79 Å². The maximum Gasteiger partial charge on any atom is 0.220 e.